The van der Waals surface area contributed by atoms with E-state index in [0.29, 0.717) is 16.8 Å². The Morgan fingerprint density at radius 2 is 1.74 bits per heavy atom. The molecule has 1 aliphatic heterocycles. The van der Waals surface area contributed by atoms with E-state index in [4.69, 9.17) is 0 Å². The first-order valence-electron chi connectivity index (χ1n) is 8.02. The highest BCUT2D eigenvalue weighted by molar-refractivity contribution is 7.90. The number of halogens is 4. The van der Waals surface area contributed by atoms with Crippen LogP contribution in [-0.2, 0) is 16.2 Å². The molecule has 1 saturated heterocycles. The van der Waals surface area contributed by atoms with Crippen molar-refractivity contribution in [1.82, 2.24) is 9.29 Å². The van der Waals surface area contributed by atoms with E-state index in [1.807, 2.05) is 12.1 Å². The van der Waals surface area contributed by atoms with Crippen LogP contribution in [0, 0.1) is 0 Å². The predicted octanol–water partition coefficient (Wildman–Crippen LogP) is 4.01. The monoisotopic (exact) mass is 416 g/mol. The highest BCUT2D eigenvalue weighted by atomic mass is 35.5. The maximum absolute atomic E-state index is 13.2. The average molecular weight is 417 g/mol. The fraction of sp³-hybridized carbons (Fsp3) is 0.222. The fourth-order valence-electron chi connectivity index (χ4n) is 3.16. The molecule has 0 amide bonds. The smallest absolute Gasteiger partial charge is 0.315 e. The van der Waals surface area contributed by atoms with Crippen LogP contribution in [-0.4, -0.2) is 25.5 Å². The van der Waals surface area contributed by atoms with Gasteiger partial charge in [-0.1, -0.05) is 18.2 Å². The predicted molar refractivity (Wildman–Crippen MR) is 98.8 cm³/mol. The molecule has 4 rings (SSSR count). The normalized spacial score (nSPS) is 15.4. The Morgan fingerprint density at radius 3 is 2.37 bits per heavy atom. The first kappa shape index (κ1) is 19.7. The van der Waals surface area contributed by atoms with Crippen molar-refractivity contribution < 1.29 is 21.6 Å². The van der Waals surface area contributed by atoms with Crippen molar-refractivity contribution in [1.29, 1.82) is 0 Å². The van der Waals surface area contributed by atoms with Gasteiger partial charge in [-0.3, -0.25) is 0 Å². The summed E-state index contributed by atoms with van der Waals surface area (Å²) in [5.74, 6) is 0.380. The van der Waals surface area contributed by atoms with Gasteiger partial charge in [0.2, 0.25) is 0 Å². The van der Waals surface area contributed by atoms with Crippen molar-refractivity contribution >= 4 is 33.3 Å². The van der Waals surface area contributed by atoms with Gasteiger partial charge in [0.05, 0.1) is 11.1 Å². The third-order valence-corrected chi connectivity index (χ3v) is 6.41. The Morgan fingerprint density at radius 1 is 1.04 bits per heavy atom. The number of alkyl halides is 3. The van der Waals surface area contributed by atoms with Crippen LogP contribution < -0.4 is 5.32 Å². The van der Waals surface area contributed by atoms with Crippen molar-refractivity contribution in [2.75, 3.05) is 13.1 Å². The minimum Gasteiger partial charge on any atom is -0.315 e. The Kier molecular flexibility index (Phi) is 5.00. The molecular formula is C18H16ClF3N2O2S. The van der Waals surface area contributed by atoms with Gasteiger partial charge in [-0.2, -0.15) is 13.2 Å². The number of nitrogens with one attached hydrogen (secondary N) is 1. The minimum absolute atomic E-state index is 0. The number of aromatic nitrogens is 1. The third-order valence-electron chi connectivity index (χ3n) is 4.66. The first-order valence-corrected chi connectivity index (χ1v) is 9.46. The van der Waals surface area contributed by atoms with Crippen molar-refractivity contribution in [3.8, 4) is 0 Å². The average Bonchev–Trinajstić information content (AvgIpc) is 2.96. The Balaban J connectivity index is 0.00000210. The lowest BCUT2D eigenvalue weighted by Gasteiger charge is -2.27. The van der Waals surface area contributed by atoms with Gasteiger partial charge in [0.1, 0.15) is 4.90 Å². The van der Waals surface area contributed by atoms with Gasteiger partial charge in [0.15, 0.2) is 0 Å². The van der Waals surface area contributed by atoms with Crippen molar-refractivity contribution in [3.05, 3.63) is 65.9 Å². The Labute approximate surface area is 160 Å². The number of nitrogens with zero attached hydrogens (tertiary/aromatic N) is 1. The second-order valence-corrected chi connectivity index (χ2v) is 8.07. The molecule has 1 aliphatic rings. The number of benzene rings is 2. The molecule has 0 aliphatic carbocycles. The molecule has 0 saturated carbocycles. The quantitative estimate of drug-likeness (QED) is 0.702. The Bertz CT molecular complexity index is 1090. The van der Waals surface area contributed by atoms with Crippen molar-refractivity contribution in [3.63, 3.8) is 0 Å². The topological polar surface area (TPSA) is 51.1 Å². The van der Waals surface area contributed by atoms with E-state index >= 15 is 0 Å². The molecule has 0 bridgehead atoms. The van der Waals surface area contributed by atoms with Gasteiger partial charge >= 0.3 is 6.18 Å². The van der Waals surface area contributed by atoms with Crippen LogP contribution in [0.4, 0.5) is 13.2 Å². The van der Waals surface area contributed by atoms with Crippen molar-refractivity contribution in [2.45, 2.75) is 17.0 Å². The van der Waals surface area contributed by atoms with Gasteiger partial charge < -0.3 is 5.32 Å². The summed E-state index contributed by atoms with van der Waals surface area (Å²) in [5.41, 5.74) is 0.277. The third kappa shape index (κ3) is 3.33. The fourth-order valence-corrected chi connectivity index (χ4v) is 4.73. The van der Waals surface area contributed by atoms with E-state index < -0.39 is 26.7 Å². The molecule has 0 atom stereocenters. The van der Waals surface area contributed by atoms with Gasteiger partial charge in [0, 0.05) is 30.6 Å². The van der Waals surface area contributed by atoms with E-state index in [1.165, 1.54) is 18.3 Å². The zero-order valence-corrected chi connectivity index (χ0v) is 15.5. The van der Waals surface area contributed by atoms with Crippen LogP contribution in [0.2, 0.25) is 0 Å². The molecule has 27 heavy (non-hydrogen) atoms. The molecule has 0 unspecified atom stereocenters. The molecule has 0 radical (unpaired) electrons. The zero-order valence-electron chi connectivity index (χ0n) is 13.9. The Hall–Kier alpha value is -2.03. The van der Waals surface area contributed by atoms with Gasteiger partial charge in [-0.15, -0.1) is 12.4 Å². The van der Waals surface area contributed by atoms with E-state index in [-0.39, 0.29) is 12.4 Å². The lowest BCUT2D eigenvalue weighted by atomic mass is 9.93. The van der Waals surface area contributed by atoms with Crippen LogP contribution in [0.3, 0.4) is 0 Å². The lowest BCUT2D eigenvalue weighted by Crippen LogP contribution is -2.39. The summed E-state index contributed by atoms with van der Waals surface area (Å²) in [5, 5.41) is 3.85. The highest BCUT2D eigenvalue weighted by Crippen LogP contribution is 2.36. The summed E-state index contributed by atoms with van der Waals surface area (Å²) in [6.45, 7) is 1.73. The number of fused-ring (bicyclic) bond motifs is 1. The van der Waals surface area contributed by atoms with E-state index in [1.54, 1.807) is 12.1 Å². The largest absolute Gasteiger partial charge is 0.417 e. The molecule has 144 valence electrons. The van der Waals surface area contributed by atoms with Crippen LogP contribution in [0.1, 0.15) is 17.0 Å². The summed E-state index contributed by atoms with van der Waals surface area (Å²) in [6.07, 6.45) is -3.45. The van der Waals surface area contributed by atoms with Gasteiger partial charge in [0.25, 0.3) is 10.0 Å². The van der Waals surface area contributed by atoms with Crippen LogP contribution in [0.5, 0.6) is 0 Å². The maximum atomic E-state index is 13.2. The summed E-state index contributed by atoms with van der Waals surface area (Å²) in [7, 11) is -4.38. The highest BCUT2D eigenvalue weighted by Gasteiger charge is 2.37. The van der Waals surface area contributed by atoms with E-state index in [2.05, 4.69) is 5.32 Å². The van der Waals surface area contributed by atoms with Crippen LogP contribution in [0.15, 0.2) is 59.6 Å². The standard InChI is InChI=1S/C18H15F3N2O2S.ClH/c19-18(20,21)15-3-1-2-4-17(15)26(24,25)23-8-7-13-9-12(5-6-16(13)23)14-10-22-11-14;/h1-9,14,22H,10-11H2;1H. The van der Waals surface area contributed by atoms with Gasteiger partial charge in [-0.25, -0.2) is 12.4 Å². The summed E-state index contributed by atoms with van der Waals surface area (Å²) < 4.78 is 66.5. The van der Waals surface area contributed by atoms with Gasteiger partial charge in [-0.05, 0) is 35.9 Å². The number of rotatable bonds is 3. The summed E-state index contributed by atoms with van der Waals surface area (Å²) in [6, 6.07) is 11.2. The van der Waals surface area contributed by atoms with E-state index in [9.17, 15) is 21.6 Å². The number of hydrogen-bond donors (Lipinski definition) is 1. The van der Waals surface area contributed by atoms with Crippen molar-refractivity contribution in [2.24, 2.45) is 0 Å². The van der Waals surface area contributed by atoms with Crippen LogP contribution in [0.25, 0.3) is 10.9 Å². The maximum Gasteiger partial charge on any atom is 0.417 e. The SMILES string of the molecule is Cl.O=S(=O)(c1ccccc1C(F)(F)F)n1ccc2cc(C3CNC3)ccc21. The first-order chi connectivity index (χ1) is 12.3. The van der Waals surface area contributed by atoms with E-state index in [0.717, 1.165) is 34.8 Å². The molecule has 3 aromatic rings. The molecule has 2 aromatic carbocycles. The molecule has 1 aromatic heterocycles. The molecule has 1 N–H and O–H groups in total. The summed E-state index contributed by atoms with van der Waals surface area (Å²) >= 11 is 0. The number of hydrogen-bond acceptors (Lipinski definition) is 3. The second-order valence-electron chi connectivity index (χ2n) is 6.28. The summed E-state index contributed by atoms with van der Waals surface area (Å²) in [4.78, 5) is -0.753. The molecule has 9 heteroatoms. The molecule has 0 spiro atoms. The molecule has 4 nitrogen and oxygen atoms in total. The zero-order chi connectivity index (χ0) is 18.5. The van der Waals surface area contributed by atoms with Crippen LogP contribution >= 0.6 is 12.4 Å². The lowest BCUT2D eigenvalue weighted by molar-refractivity contribution is -0.139. The second kappa shape index (κ2) is 6.85. The molecule has 2 heterocycles. The molecule has 1 fully saturated rings. The minimum atomic E-state index is -4.75. The molecular weight excluding hydrogens is 401 g/mol.